The van der Waals surface area contributed by atoms with Crippen LogP contribution >= 0.6 is 0 Å². The van der Waals surface area contributed by atoms with Crippen molar-refractivity contribution in [2.75, 3.05) is 13.2 Å². The van der Waals surface area contributed by atoms with Gasteiger partial charge in [0.2, 0.25) is 6.10 Å². The number of aromatic nitrogens is 1. The molecule has 208 valence electrons. The lowest BCUT2D eigenvalue weighted by molar-refractivity contribution is -0.765. The lowest BCUT2D eigenvalue weighted by Crippen LogP contribution is -3.00. The maximum atomic E-state index is 13.1. The molecule has 0 spiro atoms. The Labute approximate surface area is 243 Å². The van der Waals surface area contributed by atoms with E-state index in [0.29, 0.717) is 24.0 Å². The van der Waals surface area contributed by atoms with Gasteiger partial charge in [0.25, 0.3) is 5.91 Å². The Morgan fingerprint density at radius 1 is 0.900 bits per heavy atom. The van der Waals surface area contributed by atoms with Crippen molar-refractivity contribution in [3.63, 3.8) is 0 Å². The number of nitrogens with two attached hydrogens (primary N) is 1. The Hall–Kier alpha value is -4.04. The molecule has 0 radical (unpaired) electrons. The molecule has 4 atom stereocenters. The first kappa shape index (κ1) is 30.5. The zero-order valence-electron chi connectivity index (χ0n) is 21.6. The SMILES string of the molecule is C#CCCCO[C@H]1[C@@H](OC(=O)c2ccccc2)[C@H]([n+]2cccc(C(N)=O)c2)O[C@@H]1COC(=O)c1ccccc1.[Br-]. The van der Waals surface area contributed by atoms with E-state index in [9.17, 15) is 14.4 Å². The van der Waals surface area contributed by atoms with Gasteiger partial charge < -0.3 is 41.7 Å². The van der Waals surface area contributed by atoms with Gasteiger partial charge in [0.1, 0.15) is 24.4 Å². The number of terminal acetylenes is 1. The van der Waals surface area contributed by atoms with Crippen LogP contribution in [0.25, 0.3) is 0 Å². The lowest BCUT2D eigenvalue weighted by atomic mass is 10.1. The Bertz CT molecular complexity index is 1330. The molecule has 0 unspecified atom stereocenters. The summed E-state index contributed by atoms with van der Waals surface area (Å²) in [4.78, 5) is 37.6. The van der Waals surface area contributed by atoms with Gasteiger partial charge in [-0.05, 0) is 36.8 Å². The number of pyridine rings is 1. The maximum absolute atomic E-state index is 13.1. The fourth-order valence-electron chi connectivity index (χ4n) is 4.18. The highest BCUT2D eigenvalue weighted by atomic mass is 79.9. The fourth-order valence-corrected chi connectivity index (χ4v) is 4.18. The van der Waals surface area contributed by atoms with E-state index in [-0.39, 0.29) is 35.8 Å². The minimum absolute atomic E-state index is 0. The molecule has 1 fully saturated rings. The summed E-state index contributed by atoms with van der Waals surface area (Å²) in [5, 5.41) is 0. The molecule has 0 aliphatic carbocycles. The normalized spacial score (nSPS) is 19.6. The molecule has 10 heteroatoms. The number of carbonyl (C=O) groups is 3. The van der Waals surface area contributed by atoms with Crippen molar-refractivity contribution < 1.29 is 54.9 Å². The van der Waals surface area contributed by atoms with Crippen molar-refractivity contribution >= 4 is 17.8 Å². The van der Waals surface area contributed by atoms with E-state index in [1.165, 1.54) is 6.20 Å². The summed E-state index contributed by atoms with van der Waals surface area (Å²) in [6.07, 6.45) is 6.13. The minimum Gasteiger partial charge on any atom is -1.00 e. The van der Waals surface area contributed by atoms with Crippen molar-refractivity contribution in [2.24, 2.45) is 5.73 Å². The predicted octanol–water partition coefficient (Wildman–Crippen LogP) is -0.144. The number of hydrogen-bond acceptors (Lipinski definition) is 7. The van der Waals surface area contributed by atoms with Crippen LogP contribution in [0.15, 0.2) is 85.2 Å². The first-order chi connectivity index (χ1) is 19.0. The first-order valence-electron chi connectivity index (χ1n) is 12.5. The van der Waals surface area contributed by atoms with Gasteiger partial charge in [0.15, 0.2) is 12.4 Å². The van der Waals surface area contributed by atoms with Gasteiger partial charge in [-0.1, -0.05) is 36.4 Å². The summed E-state index contributed by atoms with van der Waals surface area (Å²) in [5.74, 6) is 0.820. The second kappa shape index (κ2) is 14.9. The maximum Gasteiger partial charge on any atom is 0.338 e. The standard InChI is InChI=1S/C30H28N2O7.BrH/c1-2-3-10-18-36-25-24(20-37-29(34)21-12-6-4-7-13-21)38-28(32-17-11-16-23(19-32)27(31)33)26(25)39-30(35)22-14-8-5-9-15-22;/h1,4-9,11-17,19,24-26,28H,3,10,18,20H2,(H-,31,33);1H/t24-,25-,26-,28-;/m1./s1. The molecule has 1 aliphatic rings. The van der Waals surface area contributed by atoms with E-state index in [1.54, 1.807) is 83.6 Å². The zero-order chi connectivity index (χ0) is 27.6. The van der Waals surface area contributed by atoms with Crippen LogP contribution in [0.5, 0.6) is 0 Å². The van der Waals surface area contributed by atoms with Gasteiger partial charge in [-0.2, -0.15) is 4.57 Å². The van der Waals surface area contributed by atoms with E-state index in [0.717, 1.165) is 0 Å². The van der Waals surface area contributed by atoms with E-state index in [1.807, 2.05) is 0 Å². The topological polar surface area (TPSA) is 118 Å². The number of esters is 2. The third-order valence-corrected chi connectivity index (χ3v) is 6.10. The van der Waals surface area contributed by atoms with Crippen LogP contribution in [0.1, 0.15) is 50.1 Å². The molecule has 3 aromatic rings. The number of nitrogens with zero attached hydrogens (tertiary/aromatic N) is 1. The fraction of sp³-hybridized carbons (Fsp3) is 0.267. The van der Waals surface area contributed by atoms with Gasteiger partial charge in [-0.25, -0.2) is 9.59 Å². The average Bonchev–Trinajstić information content (AvgIpc) is 3.31. The number of rotatable bonds is 11. The monoisotopic (exact) mass is 608 g/mol. The van der Waals surface area contributed by atoms with Crippen LogP contribution in [-0.4, -0.2) is 49.4 Å². The Balaban J connectivity index is 0.00000441. The molecule has 40 heavy (non-hydrogen) atoms. The molecule has 4 rings (SSSR count). The molecule has 1 aromatic heterocycles. The van der Waals surface area contributed by atoms with Gasteiger partial charge in [-0.3, -0.25) is 4.79 Å². The van der Waals surface area contributed by atoms with Crippen molar-refractivity contribution in [3.05, 3.63) is 102 Å². The number of primary amides is 1. The molecule has 2 N–H and O–H groups in total. The van der Waals surface area contributed by atoms with E-state index in [2.05, 4.69) is 5.92 Å². The number of unbranched alkanes of at least 4 members (excludes halogenated alkanes) is 1. The number of carbonyl (C=O) groups excluding carboxylic acids is 3. The van der Waals surface area contributed by atoms with Gasteiger partial charge in [0.05, 0.1) is 11.1 Å². The number of hydrogen-bond donors (Lipinski definition) is 1. The molecule has 1 saturated heterocycles. The highest BCUT2D eigenvalue weighted by molar-refractivity contribution is 5.92. The summed E-state index contributed by atoms with van der Waals surface area (Å²) < 4.78 is 25.5. The van der Waals surface area contributed by atoms with E-state index < -0.39 is 42.4 Å². The Morgan fingerprint density at radius 2 is 1.52 bits per heavy atom. The van der Waals surface area contributed by atoms with Crippen LogP contribution in [0.2, 0.25) is 0 Å². The lowest BCUT2D eigenvalue weighted by Gasteiger charge is -2.23. The van der Waals surface area contributed by atoms with E-state index >= 15 is 0 Å². The smallest absolute Gasteiger partial charge is 0.338 e. The summed E-state index contributed by atoms with van der Waals surface area (Å²) in [6, 6.07) is 20.3. The van der Waals surface area contributed by atoms with Crippen molar-refractivity contribution in [1.82, 2.24) is 0 Å². The first-order valence-corrected chi connectivity index (χ1v) is 12.5. The largest absolute Gasteiger partial charge is 1.00 e. The quantitative estimate of drug-likeness (QED) is 0.139. The molecule has 0 bridgehead atoms. The number of halogens is 1. The molecule has 2 heterocycles. The summed E-state index contributed by atoms with van der Waals surface area (Å²) in [5.41, 5.74) is 6.44. The van der Waals surface area contributed by atoms with Crippen molar-refractivity contribution in [1.29, 1.82) is 0 Å². The summed E-state index contributed by atoms with van der Waals surface area (Å²) >= 11 is 0. The Kier molecular flexibility index (Phi) is 11.4. The molecule has 1 aliphatic heterocycles. The van der Waals surface area contributed by atoms with Crippen molar-refractivity contribution in [3.8, 4) is 12.3 Å². The van der Waals surface area contributed by atoms with E-state index in [4.69, 9.17) is 31.1 Å². The third-order valence-electron chi connectivity index (χ3n) is 6.10. The molecule has 1 amide bonds. The number of amides is 1. The van der Waals surface area contributed by atoms with Gasteiger partial charge >= 0.3 is 18.2 Å². The summed E-state index contributed by atoms with van der Waals surface area (Å²) in [6.45, 7) is 0.0962. The van der Waals surface area contributed by atoms with Gasteiger partial charge in [0, 0.05) is 19.1 Å². The molecule has 0 saturated carbocycles. The minimum atomic E-state index is -0.961. The second-order valence-corrected chi connectivity index (χ2v) is 8.81. The number of benzene rings is 2. The zero-order valence-corrected chi connectivity index (χ0v) is 23.1. The van der Waals surface area contributed by atoms with Crippen LogP contribution in [-0.2, 0) is 18.9 Å². The predicted molar refractivity (Wildman–Crippen MR) is 139 cm³/mol. The molecule has 9 nitrogen and oxygen atoms in total. The third kappa shape index (κ3) is 7.76. The van der Waals surface area contributed by atoms with Crippen LogP contribution < -0.4 is 27.3 Å². The van der Waals surface area contributed by atoms with Crippen LogP contribution in [0.4, 0.5) is 0 Å². The highest BCUT2D eigenvalue weighted by Crippen LogP contribution is 2.32. The van der Waals surface area contributed by atoms with Gasteiger partial charge in [-0.15, -0.1) is 12.3 Å². The highest BCUT2D eigenvalue weighted by Gasteiger charge is 2.53. The van der Waals surface area contributed by atoms with Crippen molar-refractivity contribution in [2.45, 2.75) is 37.4 Å². The molecular formula is C30H29BrN2O7. The van der Waals surface area contributed by atoms with Crippen LogP contribution in [0.3, 0.4) is 0 Å². The Morgan fingerprint density at radius 3 is 2.15 bits per heavy atom. The second-order valence-electron chi connectivity index (χ2n) is 8.81. The molecule has 2 aromatic carbocycles. The number of ether oxygens (including phenoxy) is 4. The average molecular weight is 609 g/mol. The van der Waals surface area contributed by atoms with Crippen LogP contribution in [0, 0.1) is 12.3 Å². The summed E-state index contributed by atoms with van der Waals surface area (Å²) in [7, 11) is 0. The molecular weight excluding hydrogens is 580 g/mol.